The molecule has 1 N–H and O–H groups in total. The molecule has 0 atom stereocenters. The molecule has 8 nitrogen and oxygen atoms in total. The Morgan fingerprint density at radius 3 is 2.71 bits per heavy atom. The predicted octanol–water partition coefficient (Wildman–Crippen LogP) is 2.40. The summed E-state index contributed by atoms with van der Waals surface area (Å²) in [5.41, 5.74) is 1.19. The number of hydrogen-bond acceptors (Lipinski definition) is 7. The summed E-state index contributed by atoms with van der Waals surface area (Å²) in [7, 11) is 1.25. The van der Waals surface area contributed by atoms with Crippen molar-refractivity contribution >= 4 is 29.6 Å². The molecule has 1 aliphatic rings. The molecule has 0 unspecified atom stereocenters. The number of fused-ring (bicyclic) bond motifs is 1. The van der Waals surface area contributed by atoms with Gasteiger partial charge in [-0.2, -0.15) is 0 Å². The Hall–Kier alpha value is -3.81. The van der Waals surface area contributed by atoms with E-state index in [4.69, 9.17) is 14.2 Å². The van der Waals surface area contributed by atoms with Gasteiger partial charge in [-0.3, -0.25) is 4.79 Å². The van der Waals surface area contributed by atoms with E-state index in [-0.39, 0.29) is 18.0 Å². The van der Waals surface area contributed by atoms with Gasteiger partial charge in [-0.15, -0.1) is 0 Å². The number of amides is 1. The first-order valence-electron chi connectivity index (χ1n) is 8.28. The van der Waals surface area contributed by atoms with Crippen LogP contribution in [0, 0.1) is 0 Å². The standard InChI is InChI=1S/C20H17NO7/c1-25-20(24)14-4-2-3-5-15(14)21-18(22)11-26-19(23)9-7-13-6-8-16-17(10-13)28-12-27-16/h2-10H,11-12H2,1H3,(H,21,22)/b9-7+. The van der Waals surface area contributed by atoms with Crippen LogP contribution in [0.5, 0.6) is 11.5 Å². The molecule has 0 spiro atoms. The van der Waals surface area contributed by atoms with E-state index in [1.807, 2.05) is 0 Å². The van der Waals surface area contributed by atoms with E-state index < -0.39 is 24.5 Å². The second-order valence-corrected chi connectivity index (χ2v) is 5.64. The molecule has 0 aliphatic carbocycles. The molecule has 1 aliphatic heterocycles. The number of methoxy groups -OCH3 is 1. The summed E-state index contributed by atoms with van der Waals surface area (Å²) in [5.74, 6) is -0.613. The quantitative estimate of drug-likeness (QED) is 0.604. The summed E-state index contributed by atoms with van der Waals surface area (Å²) in [5, 5.41) is 2.51. The number of hydrogen-bond donors (Lipinski definition) is 1. The highest BCUT2D eigenvalue weighted by Crippen LogP contribution is 2.32. The maximum absolute atomic E-state index is 12.0. The smallest absolute Gasteiger partial charge is 0.339 e. The molecule has 0 radical (unpaired) electrons. The molecular weight excluding hydrogens is 366 g/mol. The highest BCUT2D eigenvalue weighted by Gasteiger charge is 2.14. The summed E-state index contributed by atoms with van der Waals surface area (Å²) >= 11 is 0. The molecule has 0 bridgehead atoms. The fourth-order valence-electron chi connectivity index (χ4n) is 2.43. The molecule has 0 saturated carbocycles. The number of benzene rings is 2. The van der Waals surface area contributed by atoms with E-state index in [1.165, 1.54) is 25.3 Å². The molecule has 144 valence electrons. The number of carbonyl (C=O) groups excluding carboxylic acids is 3. The van der Waals surface area contributed by atoms with Crippen LogP contribution in [-0.4, -0.2) is 38.4 Å². The van der Waals surface area contributed by atoms with Crippen molar-refractivity contribution in [3.05, 3.63) is 59.7 Å². The zero-order valence-electron chi connectivity index (χ0n) is 15.0. The number of esters is 2. The maximum atomic E-state index is 12.0. The Balaban J connectivity index is 1.52. The van der Waals surface area contributed by atoms with Gasteiger partial charge in [0.05, 0.1) is 18.4 Å². The number of rotatable bonds is 6. The highest BCUT2D eigenvalue weighted by molar-refractivity contribution is 6.02. The van der Waals surface area contributed by atoms with Crippen molar-refractivity contribution in [3.8, 4) is 11.5 Å². The first-order chi connectivity index (χ1) is 13.6. The minimum Gasteiger partial charge on any atom is -0.465 e. The minimum atomic E-state index is -0.686. The Morgan fingerprint density at radius 2 is 1.89 bits per heavy atom. The van der Waals surface area contributed by atoms with Crippen molar-refractivity contribution in [3.63, 3.8) is 0 Å². The minimum absolute atomic E-state index is 0.165. The van der Waals surface area contributed by atoms with Gasteiger partial charge in [0.2, 0.25) is 6.79 Å². The Labute approximate surface area is 160 Å². The van der Waals surface area contributed by atoms with Crippen LogP contribution in [0.15, 0.2) is 48.5 Å². The summed E-state index contributed by atoms with van der Waals surface area (Å²) in [6.07, 6.45) is 2.74. The molecule has 1 heterocycles. The fraction of sp³-hybridized carbons (Fsp3) is 0.150. The van der Waals surface area contributed by atoms with Crippen LogP contribution in [0.1, 0.15) is 15.9 Å². The second-order valence-electron chi connectivity index (χ2n) is 5.64. The van der Waals surface area contributed by atoms with E-state index in [1.54, 1.807) is 36.4 Å². The van der Waals surface area contributed by atoms with E-state index >= 15 is 0 Å². The van der Waals surface area contributed by atoms with E-state index in [0.717, 1.165) is 5.56 Å². The van der Waals surface area contributed by atoms with Gasteiger partial charge in [0.15, 0.2) is 18.1 Å². The lowest BCUT2D eigenvalue weighted by molar-refractivity contribution is -0.142. The fourth-order valence-corrected chi connectivity index (χ4v) is 2.43. The monoisotopic (exact) mass is 383 g/mol. The Morgan fingerprint density at radius 1 is 1.11 bits per heavy atom. The van der Waals surface area contributed by atoms with Gasteiger partial charge in [-0.1, -0.05) is 18.2 Å². The average molecular weight is 383 g/mol. The number of carbonyl (C=O) groups is 3. The van der Waals surface area contributed by atoms with Crippen LogP contribution in [0.3, 0.4) is 0 Å². The van der Waals surface area contributed by atoms with Crippen LogP contribution < -0.4 is 14.8 Å². The first kappa shape index (κ1) is 19.0. The van der Waals surface area contributed by atoms with Crippen molar-refractivity contribution in [1.29, 1.82) is 0 Å². The third-order valence-corrected chi connectivity index (χ3v) is 3.76. The lowest BCUT2D eigenvalue weighted by atomic mass is 10.2. The van der Waals surface area contributed by atoms with Gasteiger partial charge >= 0.3 is 11.9 Å². The molecule has 28 heavy (non-hydrogen) atoms. The normalized spacial score (nSPS) is 11.9. The molecule has 1 amide bonds. The van der Waals surface area contributed by atoms with Crippen molar-refractivity contribution in [2.24, 2.45) is 0 Å². The summed E-state index contributed by atoms with van der Waals surface area (Å²) in [4.78, 5) is 35.5. The summed E-state index contributed by atoms with van der Waals surface area (Å²) in [6.45, 7) is -0.335. The lowest BCUT2D eigenvalue weighted by Gasteiger charge is -2.09. The SMILES string of the molecule is COC(=O)c1ccccc1NC(=O)COC(=O)/C=C/c1ccc2c(c1)OCO2. The van der Waals surface area contributed by atoms with Crippen molar-refractivity contribution in [2.75, 3.05) is 25.8 Å². The van der Waals surface area contributed by atoms with Gasteiger partial charge in [0.1, 0.15) is 0 Å². The topological polar surface area (TPSA) is 100 Å². The van der Waals surface area contributed by atoms with Crippen molar-refractivity contribution in [1.82, 2.24) is 0 Å². The number of ether oxygens (including phenoxy) is 4. The molecule has 0 fully saturated rings. The zero-order valence-corrected chi connectivity index (χ0v) is 15.0. The molecule has 8 heteroatoms. The van der Waals surface area contributed by atoms with E-state index in [2.05, 4.69) is 10.1 Å². The van der Waals surface area contributed by atoms with Crippen molar-refractivity contribution in [2.45, 2.75) is 0 Å². The third kappa shape index (κ3) is 4.67. The van der Waals surface area contributed by atoms with Gasteiger partial charge < -0.3 is 24.3 Å². The van der Waals surface area contributed by atoms with Gasteiger partial charge in [0, 0.05) is 6.08 Å². The number of nitrogens with one attached hydrogen (secondary N) is 1. The zero-order chi connectivity index (χ0) is 19.9. The molecule has 0 aromatic heterocycles. The number of anilines is 1. The molecule has 0 saturated heterocycles. The van der Waals surface area contributed by atoms with Crippen LogP contribution >= 0.6 is 0 Å². The first-order valence-corrected chi connectivity index (χ1v) is 8.28. The van der Waals surface area contributed by atoms with E-state index in [0.29, 0.717) is 11.5 Å². The van der Waals surface area contributed by atoms with E-state index in [9.17, 15) is 14.4 Å². The largest absolute Gasteiger partial charge is 0.465 e. The Bertz CT molecular complexity index is 936. The number of para-hydroxylation sites is 1. The second kappa shape index (κ2) is 8.72. The van der Waals surface area contributed by atoms with Crippen LogP contribution in [-0.2, 0) is 19.1 Å². The molecule has 3 rings (SSSR count). The summed E-state index contributed by atoms with van der Waals surface area (Å²) < 4.78 is 20.0. The predicted molar refractivity (Wildman–Crippen MR) is 99.0 cm³/mol. The van der Waals surface area contributed by atoms with Crippen LogP contribution in [0.2, 0.25) is 0 Å². The van der Waals surface area contributed by atoms with Gasteiger partial charge in [0.25, 0.3) is 5.91 Å². The molecular formula is C20H17NO7. The molecule has 2 aromatic rings. The average Bonchev–Trinajstić information content (AvgIpc) is 3.18. The molecule has 2 aromatic carbocycles. The van der Waals surface area contributed by atoms with Gasteiger partial charge in [-0.25, -0.2) is 9.59 Å². The Kier molecular flexibility index (Phi) is 5.91. The van der Waals surface area contributed by atoms with Crippen LogP contribution in [0.4, 0.5) is 5.69 Å². The third-order valence-electron chi connectivity index (χ3n) is 3.76. The highest BCUT2D eigenvalue weighted by atomic mass is 16.7. The lowest BCUT2D eigenvalue weighted by Crippen LogP contribution is -2.21. The van der Waals surface area contributed by atoms with Crippen LogP contribution in [0.25, 0.3) is 6.08 Å². The maximum Gasteiger partial charge on any atom is 0.339 e. The summed E-state index contributed by atoms with van der Waals surface area (Å²) in [6, 6.07) is 11.6. The van der Waals surface area contributed by atoms with Gasteiger partial charge in [-0.05, 0) is 35.9 Å². The van der Waals surface area contributed by atoms with Crippen molar-refractivity contribution < 1.29 is 33.3 Å².